The number of carbonyl (C=O) groups is 1. The van der Waals surface area contributed by atoms with Gasteiger partial charge in [-0.25, -0.2) is 4.79 Å². The first kappa shape index (κ1) is 15.0. The molecule has 1 aromatic rings. The number of aromatic nitrogens is 2. The molecule has 2 aliphatic heterocycles. The van der Waals surface area contributed by atoms with Crippen molar-refractivity contribution in [3.63, 3.8) is 0 Å². The Morgan fingerprint density at radius 2 is 2.09 bits per heavy atom. The van der Waals surface area contributed by atoms with Crippen LogP contribution in [0.3, 0.4) is 0 Å². The summed E-state index contributed by atoms with van der Waals surface area (Å²) in [5, 5.41) is 4.47. The van der Waals surface area contributed by atoms with E-state index in [1.807, 2.05) is 22.1 Å². The molecule has 0 aromatic carbocycles. The molecule has 2 fully saturated rings. The Balaban J connectivity index is 1.37. The van der Waals surface area contributed by atoms with Crippen LogP contribution in [0.5, 0.6) is 0 Å². The summed E-state index contributed by atoms with van der Waals surface area (Å²) in [4.78, 5) is 16.7. The number of rotatable bonds is 5. The summed E-state index contributed by atoms with van der Waals surface area (Å²) in [5.41, 5.74) is 1.14. The molecule has 1 saturated carbocycles. The minimum absolute atomic E-state index is 0.193. The third-order valence-electron chi connectivity index (χ3n) is 5.18. The van der Waals surface area contributed by atoms with Gasteiger partial charge in [-0.05, 0) is 44.1 Å². The lowest BCUT2D eigenvalue weighted by molar-refractivity contribution is 0.0916. The quantitative estimate of drug-likeness (QED) is 0.783. The highest BCUT2D eigenvalue weighted by atomic mass is 16.5. The Bertz CT molecular complexity index is 549. The topological polar surface area (TPSA) is 50.6 Å². The van der Waals surface area contributed by atoms with Gasteiger partial charge in [-0.3, -0.25) is 4.68 Å². The van der Waals surface area contributed by atoms with Gasteiger partial charge in [-0.15, -0.1) is 0 Å². The van der Waals surface area contributed by atoms with Crippen LogP contribution in [0.1, 0.15) is 43.8 Å². The molecule has 0 bridgehead atoms. The van der Waals surface area contributed by atoms with Crippen molar-refractivity contribution >= 4 is 6.03 Å². The van der Waals surface area contributed by atoms with Gasteiger partial charge in [0.1, 0.15) is 0 Å². The molecule has 1 atom stereocenters. The van der Waals surface area contributed by atoms with Crippen LogP contribution in [0, 0.1) is 5.92 Å². The van der Waals surface area contributed by atoms with Gasteiger partial charge in [0, 0.05) is 39.0 Å². The predicted octanol–water partition coefficient (Wildman–Crippen LogP) is 2.27. The SMILES string of the molecule is O=C(N1CCCC1)N1Cc2ccnn2[C@H](CCOCC2CC2)C1. The average Bonchev–Trinajstić information content (AvgIpc) is 3.04. The minimum Gasteiger partial charge on any atom is -0.381 e. The van der Waals surface area contributed by atoms with E-state index in [0.29, 0.717) is 6.54 Å². The minimum atomic E-state index is 0.193. The summed E-state index contributed by atoms with van der Waals surface area (Å²) >= 11 is 0. The Morgan fingerprint density at radius 3 is 2.87 bits per heavy atom. The number of fused-ring (bicyclic) bond motifs is 1. The Hall–Kier alpha value is -1.56. The van der Waals surface area contributed by atoms with Gasteiger partial charge in [0.05, 0.1) is 18.3 Å². The molecule has 3 heterocycles. The molecule has 4 rings (SSSR count). The highest BCUT2D eigenvalue weighted by molar-refractivity contribution is 5.74. The third-order valence-corrected chi connectivity index (χ3v) is 5.18. The fourth-order valence-electron chi connectivity index (χ4n) is 3.61. The van der Waals surface area contributed by atoms with Crippen molar-refractivity contribution in [1.29, 1.82) is 0 Å². The normalized spacial score (nSPS) is 24.1. The number of urea groups is 1. The Labute approximate surface area is 137 Å². The number of likely N-dealkylation sites (tertiary alicyclic amines) is 1. The molecular formula is C17H26N4O2. The van der Waals surface area contributed by atoms with Crippen LogP contribution < -0.4 is 0 Å². The molecule has 23 heavy (non-hydrogen) atoms. The molecule has 1 aliphatic carbocycles. The second-order valence-electron chi connectivity index (χ2n) is 7.09. The van der Waals surface area contributed by atoms with E-state index >= 15 is 0 Å². The van der Waals surface area contributed by atoms with Gasteiger partial charge in [-0.1, -0.05) is 0 Å². The van der Waals surface area contributed by atoms with Crippen molar-refractivity contribution in [2.45, 2.75) is 44.7 Å². The van der Waals surface area contributed by atoms with Crippen molar-refractivity contribution in [3.05, 3.63) is 18.0 Å². The van der Waals surface area contributed by atoms with Crippen molar-refractivity contribution < 1.29 is 9.53 Å². The first-order valence-electron chi connectivity index (χ1n) is 8.95. The molecule has 3 aliphatic rings. The molecule has 0 spiro atoms. The maximum absolute atomic E-state index is 12.7. The molecule has 126 valence electrons. The van der Waals surface area contributed by atoms with Crippen LogP contribution in [-0.4, -0.2) is 58.5 Å². The van der Waals surface area contributed by atoms with E-state index in [2.05, 4.69) is 9.78 Å². The standard InChI is InChI=1S/C17H26N4O2/c22-17(19-8-1-2-9-19)20-11-15-5-7-18-21(15)16(12-20)6-10-23-13-14-3-4-14/h5,7,14,16H,1-4,6,8-13H2/t16-/m1/s1. The number of ether oxygens (including phenoxy) is 1. The molecule has 6 heteroatoms. The summed E-state index contributed by atoms with van der Waals surface area (Å²) in [6.07, 6.45) is 7.68. The van der Waals surface area contributed by atoms with Gasteiger partial charge < -0.3 is 14.5 Å². The largest absolute Gasteiger partial charge is 0.381 e. The van der Waals surface area contributed by atoms with Gasteiger partial charge >= 0.3 is 6.03 Å². The second kappa shape index (κ2) is 6.51. The van der Waals surface area contributed by atoms with E-state index in [0.717, 1.165) is 63.7 Å². The van der Waals surface area contributed by atoms with E-state index in [-0.39, 0.29) is 12.1 Å². The van der Waals surface area contributed by atoms with Crippen LogP contribution in [-0.2, 0) is 11.3 Å². The number of amides is 2. The predicted molar refractivity (Wildman–Crippen MR) is 86.0 cm³/mol. The van der Waals surface area contributed by atoms with E-state index in [4.69, 9.17) is 4.74 Å². The molecule has 0 unspecified atom stereocenters. The van der Waals surface area contributed by atoms with Crippen LogP contribution in [0.15, 0.2) is 12.3 Å². The molecule has 6 nitrogen and oxygen atoms in total. The maximum atomic E-state index is 12.7. The highest BCUT2D eigenvalue weighted by Crippen LogP contribution is 2.29. The van der Waals surface area contributed by atoms with Crippen molar-refractivity contribution in [1.82, 2.24) is 19.6 Å². The number of carbonyl (C=O) groups excluding carboxylic acids is 1. The average molecular weight is 318 g/mol. The summed E-state index contributed by atoms with van der Waals surface area (Å²) in [6, 6.07) is 2.46. The Kier molecular flexibility index (Phi) is 4.25. The van der Waals surface area contributed by atoms with Crippen LogP contribution >= 0.6 is 0 Å². The zero-order chi connectivity index (χ0) is 15.6. The lowest BCUT2D eigenvalue weighted by Gasteiger charge is -2.36. The third kappa shape index (κ3) is 3.37. The zero-order valence-electron chi connectivity index (χ0n) is 13.7. The number of nitrogens with zero attached hydrogens (tertiary/aromatic N) is 4. The van der Waals surface area contributed by atoms with Crippen LogP contribution in [0.4, 0.5) is 4.79 Å². The van der Waals surface area contributed by atoms with E-state index in [1.165, 1.54) is 12.8 Å². The molecule has 1 aromatic heterocycles. The van der Waals surface area contributed by atoms with Gasteiger partial charge in [-0.2, -0.15) is 5.10 Å². The summed E-state index contributed by atoms with van der Waals surface area (Å²) in [7, 11) is 0. The second-order valence-corrected chi connectivity index (χ2v) is 7.09. The van der Waals surface area contributed by atoms with E-state index in [9.17, 15) is 4.79 Å². The maximum Gasteiger partial charge on any atom is 0.320 e. The number of hydrogen-bond acceptors (Lipinski definition) is 3. The van der Waals surface area contributed by atoms with Crippen molar-refractivity contribution in [2.75, 3.05) is 32.8 Å². The lowest BCUT2D eigenvalue weighted by atomic mass is 10.1. The zero-order valence-corrected chi connectivity index (χ0v) is 13.7. The van der Waals surface area contributed by atoms with Crippen molar-refractivity contribution in [3.8, 4) is 0 Å². The first-order valence-corrected chi connectivity index (χ1v) is 8.95. The summed E-state index contributed by atoms with van der Waals surface area (Å²) in [6.45, 7) is 4.89. The van der Waals surface area contributed by atoms with Gasteiger partial charge in [0.15, 0.2) is 0 Å². The first-order chi connectivity index (χ1) is 11.3. The molecular weight excluding hydrogens is 292 g/mol. The van der Waals surface area contributed by atoms with Crippen LogP contribution in [0.2, 0.25) is 0 Å². The fourth-order valence-corrected chi connectivity index (χ4v) is 3.61. The number of hydrogen-bond donors (Lipinski definition) is 0. The highest BCUT2D eigenvalue weighted by Gasteiger charge is 2.31. The van der Waals surface area contributed by atoms with Gasteiger partial charge in [0.2, 0.25) is 0 Å². The monoisotopic (exact) mass is 318 g/mol. The fraction of sp³-hybridized carbons (Fsp3) is 0.765. The molecule has 0 N–H and O–H groups in total. The van der Waals surface area contributed by atoms with Crippen molar-refractivity contribution in [2.24, 2.45) is 5.92 Å². The lowest BCUT2D eigenvalue weighted by Crippen LogP contribution is -2.47. The van der Waals surface area contributed by atoms with E-state index in [1.54, 1.807) is 0 Å². The van der Waals surface area contributed by atoms with Crippen LogP contribution in [0.25, 0.3) is 0 Å². The Morgan fingerprint density at radius 1 is 1.26 bits per heavy atom. The molecule has 1 saturated heterocycles. The van der Waals surface area contributed by atoms with E-state index < -0.39 is 0 Å². The summed E-state index contributed by atoms with van der Waals surface area (Å²) in [5.74, 6) is 0.801. The molecule has 2 amide bonds. The smallest absolute Gasteiger partial charge is 0.320 e. The van der Waals surface area contributed by atoms with Gasteiger partial charge in [0.25, 0.3) is 0 Å². The molecule has 0 radical (unpaired) electrons. The summed E-state index contributed by atoms with van der Waals surface area (Å²) < 4.78 is 7.88.